The van der Waals surface area contributed by atoms with Gasteiger partial charge in [-0.2, -0.15) is 0 Å². The SMILES string of the molecule is CCCCCC(C)OC(=O)CCCC(=O)OC(C(C)C)C(C)C. The second kappa shape index (κ2) is 12.4. The van der Waals surface area contributed by atoms with Gasteiger partial charge in [-0.1, -0.05) is 47.5 Å². The summed E-state index contributed by atoms with van der Waals surface area (Å²) < 4.78 is 10.9. The van der Waals surface area contributed by atoms with Crippen molar-refractivity contribution in [2.24, 2.45) is 11.8 Å². The normalized spacial score (nSPS) is 12.7. The van der Waals surface area contributed by atoms with Gasteiger partial charge in [0, 0.05) is 12.8 Å². The van der Waals surface area contributed by atoms with Crippen molar-refractivity contribution in [3.8, 4) is 0 Å². The zero-order chi connectivity index (χ0) is 17.8. The first-order valence-electron chi connectivity index (χ1n) is 9.16. The van der Waals surface area contributed by atoms with Gasteiger partial charge in [-0.3, -0.25) is 9.59 Å². The van der Waals surface area contributed by atoms with E-state index in [-0.39, 0.29) is 37.0 Å². The first kappa shape index (κ1) is 21.9. The molecule has 0 fully saturated rings. The number of unbranched alkanes of at least 4 members (excludes halogenated alkanes) is 2. The third-order valence-corrected chi connectivity index (χ3v) is 3.89. The molecule has 0 bridgehead atoms. The van der Waals surface area contributed by atoms with Crippen LogP contribution in [0, 0.1) is 11.8 Å². The molecule has 0 amide bonds. The summed E-state index contributed by atoms with van der Waals surface area (Å²) in [7, 11) is 0. The van der Waals surface area contributed by atoms with Gasteiger partial charge in [0.15, 0.2) is 0 Å². The van der Waals surface area contributed by atoms with Crippen molar-refractivity contribution >= 4 is 11.9 Å². The lowest BCUT2D eigenvalue weighted by atomic mass is 9.96. The number of hydrogen-bond acceptors (Lipinski definition) is 4. The molecule has 1 atom stereocenters. The van der Waals surface area contributed by atoms with Gasteiger partial charge in [0.1, 0.15) is 6.10 Å². The highest BCUT2D eigenvalue weighted by Gasteiger charge is 2.21. The minimum Gasteiger partial charge on any atom is -0.463 e. The fourth-order valence-electron chi connectivity index (χ4n) is 2.65. The molecule has 4 nitrogen and oxygen atoms in total. The summed E-state index contributed by atoms with van der Waals surface area (Å²) in [6, 6.07) is 0. The Morgan fingerprint density at radius 2 is 1.30 bits per heavy atom. The molecule has 0 spiro atoms. The molecular weight excluding hydrogens is 292 g/mol. The smallest absolute Gasteiger partial charge is 0.306 e. The van der Waals surface area contributed by atoms with Crippen molar-refractivity contribution in [1.29, 1.82) is 0 Å². The molecule has 0 aliphatic rings. The van der Waals surface area contributed by atoms with Crippen LogP contribution in [0.2, 0.25) is 0 Å². The summed E-state index contributed by atoms with van der Waals surface area (Å²) in [5.41, 5.74) is 0. The minimum absolute atomic E-state index is 0.0349. The van der Waals surface area contributed by atoms with E-state index in [9.17, 15) is 9.59 Å². The van der Waals surface area contributed by atoms with Crippen molar-refractivity contribution in [2.45, 2.75) is 98.7 Å². The maximum atomic E-state index is 11.9. The molecule has 136 valence electrons. The molecule has 0 aliphatic carbocycles. The molecule has 0 aromatic heterocycles. The van der Waals surface area contributed by atoms with E-state index in [2.05, 4.69) is 34.6 Å². The van der Waals surface area contributed by atoms with Crippen LogP contribution in [0.15, 0.2) is 0 Å². The van der Waals surface area contributed by atoms with E-state index in [1.54, 1.807) is 0 Å². The summed E-state index contributed by atoms with van der Waals surface area (Å²) in [5, 5.41) is 0. The Balaban J connectivity index is 3.92. The number of carbonyl (C=O) groups excluding carboxylic acids is 2. The molecule has 4 heteroatoms. The Labute approximate surface area is 142 Å². The molecule has 23 heavy (non-hydrogen) atoms. The molecule has 1 unspecified atom stereocenters. The predicted octanol–water partition coefficient (Wildman–Crippen LogP) is 4.89. The van der Waals surface area contributed by atoms with Crippen LogP contribution in [0.25, 0.3) is 0 Å². The summed E-state index contributed by atoms with van der Waals surface area (Å²) in [4.78, 5) is 23.6. The van der Waals surface area contributed by atoms with Gasteiger partial charge < -0.3 is 9.47 Å². The second-order valence-electron chi connectivity index (χ2n) is 7.09. The number of carbonyl (C=O) groups is 2. The fraction of sp³-hybridized carbons (Fsp3) is 0.895. The van der Waals surface area contributed by atoms with E-state index in [4.69, 9.17) is 9.47 Å². The van der Waals surface area contributed by atoms with Crippen LogP contribution < -0.4 is 0 Å². The van der Waals surface area contributed by atoms with Crippen molar-refractivity contribution in [3.05, 3.63) is 0 Å². The van der Waals surface area contributed by atoms with Gasteiger partial charge in [-0.05, 0) is 38.0 Å². The van der Waals surface area contributed by atoms with Gasteiger partial charge in [0.25, 0.3) is 0 Å². The Bertz CT molecular complexity index is 328. The monoisotopic (exact) mass is 328 g/mol. The van der Waals surface area contributed by atoms with Gasteiger partial charge in [-0.25, -0.2) is 0 Å². The third-order valence-electron chi connectivity index (χ3n) is 3.89. The number of esters is 2. The van der Waals surface area contributed by atoms with Crippen molar-refractivity contribution < 1.29 is 19.1 Å². The lowest BCUT2D eigenvalue weighted by Crippen LogP contribution is -2.28. The number of hydrogen-bond donors (Lipinski definition) is 0. The topological polar surface area (TPSA) is 52.6 Å². The predicted molar refractivity (Wildman–Crippen MR) is 93.1 cm³/mol. The van der Waals surface area contributed by atoms with Gasteiger partial charge in [0.2, 0.25) is 0 Å². The quantitative estimate of drug-likeness (QED) is 0.378. The van der Waals surface area contributed by atoms with Crippen LogP contribution >= 0.6 is 0 Å². The lowest BCUT2D eigenvalue weighted by molar-refractivity contribution is -0.154. The first-order chi connectivity index (χ1) is 10.8. The van der Waals surface area contributed by atoms with Crippen LogP contribution in [0.4, 0.5) is 0 Å². The van der Waals surface area contributed by atoms with Crippen LogP contribution in [0.5, 0.6) is 0 Å². The van der Waals surface area contributed by atoms with Crippen molar-refractivity contribution in [3.63, 3.8) is 0 Å². The van der Waals surface area contributed by atoms with Crippen LogP contribution in [0.1, 0.15) is 86.5 Å². The Morgan fingerprint density at radius 1 is 0.783 bits per heavy atom. The lowest BCUT2D eigenvalue weighted by Gasteiger charge is -2.24. The molecule has 0 heterocycles. The molecule has 0 radical (unpaired) electrons. The van der Waals surface area contributed by atoms with Crippen LogP contribution in [-0.2, 0) is 19.1 Å². The average Bonchev–Trinajstić information content (AvgIpc) is 2.44. The molecule has 0 rings (SSSR count). The third kappa shape index (κ3) is 11.2. The minimum atomic E-state index is -0.221. The zero-order valence-electron chi connectivity index (χ0n) is 15.9. The first-order valence-corrected chi connectivity index (χ1v) is 9.16. The summed E-state index contributed by atoms with van der Waals surface area (Å²) in [5.74, 6) is 0.160. The fourth-order valence-corrected chi connectivity index (χ4v) is 2.65. The van der Waals surface area contributed by atoms with E-state index in [1.165, 1.54) is 6.42 Å². The van der Waals surface area contributed by atoms with Crippen molar-refractivity contribution in [1.82, 2.24) is 0 Å². The molecule has 0 aromatic rings. The number of rotatable bonds is 12. The maximum absolute atomic E-state index is 11.9. The zero-order valence-corrected chi connectivity index (χ0v) is 15.9. The number of ether oxygens (including phenoxy) is 2. The van der Waals surface area contributed by atoms with Gasteiger partial charge >= 0.3 is 11.9 Å². The molecule has 0 saturated heterocycles. The Kier molecular flexibility index (Phi) is 11.8. The summed E-state index contributed by atoms with van der Waals surface area (Å²) in [6.45, 7) is 12.3. The molecular formula is C19H36O4. The molecule has 0 N–H and O–H groups in total. The highest BCUT2D eigenvalue weighted by molar-refractivity contribution is 5.72. The standard InChI is InChI=1S/C19H36O4/c1-7-8-9-11-16(6)22-17(20)12-10-13-18(21)23-19(14(2)3)15(4)5/h14-16,19H,7-13H2,1-6H3. The Hall–Kier alpha value is -1.06. The van der Waals surface area contributed by atoms with E-state index >= 15 is 0 Å². The van der Waals surface area contributed by atoms with Crippen LogP contribution in [-0.4, -0.2) is 24.1 Å². The summed E-state index contributed by atoms with van der Waals surface area (Å²) >= 11 is 0. The Morgan fingerprint density at radius 3 is 1.78 bits per heavy atom. The van der Waals surface area contributed by atoms with Crippen molar-refractivity contribution in [2.75, 3.05) is 0 Å². The van der Waals surface area contributed by atoms with E-state index in [1.807, 2.05) is 6.92 Å². The second-order valence-corrected chi connectivity index (χ2v) is 7.09. The van der Waals surface area contributed by atoms with E-state index in [0.29, 0.717) is 18.3 Å². The summed E-state index contributed by atoms with van der Waals surface area (Å²) in [6.07, 6.45) is 5.27. The van der Waals surface area contributed by atoms with Gasteiger partial charge in [-0.15, -0.1) is 0 Å². The molecule has 0 saturated carbocycles. The highest BCUT2D eigenvalue weighted by atomic mass is 16.5. The molecule has 0 aromatic carbocycles. The van der Waals surface area contributed by atoms with E-state index in [0.717, 1.165) is 19.3 Å². The largest absolute Gasteiger partial charge is 0.463 e. The van der Waals surface area contributed by atoms with E-state index < -0.39 is 0 Å². The van der Waals surface area contributed by atoms with Gasteiger partial charge in [0.05, 0.1) is 6.10 Å². The maximum Gasteiger partial charge on any atom is 0.306 e. The average molecular weight is 328 g/mol. The highest BCUT2D eigenvalue weighted by Crippen LogP contribution is 2.17. The molecule has 0 aliphatic heterocycles. The van der Waals surface area contributed by atoms with Crippen LogP contribution in [0.3, 0.4) is 0 Å².